The van der Waals surface area contributed by atoms with E-state index in [0.717, 1.165) is 12.1 Å². The molecule has 2 rings (SSSR count). The summed E-state index contributed by atoms with van der Waals surface area (Å²) in [6.07, 6.45) is 0.675. The number of benzene rings is 2. The van der Waals surface area contributed by atoms with Gasteiger partial charge >= 0.3 is 0 Å². The van der Waals surface area contributed by atoms with Gasteiger partial charge in [0, 0.05) is 11.1 Å². The highest BCUT2D eigenvalue weighted by Gasteiger charge is 2.16. The Morgan fingerprint density at radius 1 is 1.14 bits per heavy atom. The quantitative estimate of drug-likeness (QED) is 0.820. The Bertz CT molecular complexity index is 625. The molecular weight excluding hydrogens is 285 g/mol. The number of hydrogen-bond donors (Lipinski definition) is 1. The van der Waals surface area contributed by atoms with Crippen molar-refractivity contribution in [1.29, 1.82) is 0 Å². The van der Waals surface area contributed by atoms with E-state index in [-0.39, 0.29) is 11.9 Å². The van der Waals surface area contributed by atoms with Gasteiger partial charge in [0.2, 0.25) is 0 Å². The van der Waals surface area contributed by atoms with Crippen LogP contribution in [0.4, 0.5) is 4.39 Å². The Kier molecular flexibility index (Phi) is 5.38. The summed E-state index contributed by atoms with van der Waals surface area (Å²) in [6, 6.07) is 11.1. The first-order valence-corrected chi connectivity index (χ1v) is 7.63. The lowest BCUT2D eigenvalue weighted by molar-refractivity contribution is 0.544. The molecule has 1 N–H and O–H groups in total. The minimum atomic E-state index is -0.245. The zero-order valence-corrected chi connectivity index (χ0v) is 13.5. The molecule has 0 heterocycles. The number of aryl methyl sites for hydroxylation is 2. The van der Waals surface area contributed by atoms with Crippen molar-refractivity contribution in [1.82, 2.24) is 5.32 Å². The largest absolute Gasteiger partial charge is 0.310 e. The third kappa shape index (κ3) is 4.05. The van der Waals surface area contributed by atoms with E-state index in [2.05, 4.69) is 44.3 Å². The van der Waals surface area contributed by atoms with Crippen LogP contribution in [0.3, 0.4) is 0 Å². The maximum atomic E-state index is 13.5. The summed E-state index contributed by atoms with van der Waals surface area (Å²) in [5, 5.41) is 4.10. The molecular formula is C18H21ClFN. The Morgan fingerprint density at radius 2 is 1.90 bits per heavy atom. The molecule has 21 heavy (non-hydrogen) atoms. The van der Waals surface area contributed by atoms with Crippen LogP contribution in [0.25, 0.3) is 0 Å². The highest BCUT2D eigenvalue weighted by atomic mass is 35.5. The monoisotopic (exact) mass is 305 g/mol. The second kappa shape index (κ2) is 7.06. The van der Waals surface area contributed by atoms with Crippen molar-refractivity contribution in [3.05, 3.63) is 69.5 Å². The number of nitrogens with one attached hydrogen (secondary N) is 1. The van der Waals surface area contributed by atoms with Crippen LogP contribution in [0.1, 0.15) is 35.2 Å². The van der Waals surface area contributed by atoms with Crippen molar-refractivity contribution in [2.45, 2.75) is 33.2 Å². The van der Waals surface area contributed by atoms with Gasteiger partial charge in [0.05, 0.1) is 0 Å². The van der Waals surface area contributed by atoms with Gasteiger partial charge in [-0.1, -0.05) is 42.3 Å². The number of rotatable bonds is 5. The maximum Gasteiger partial charge on any atom is 0.123 e. The molecule has 0 radical (unpaired) electrons. The first kappa shape index (κ1) is 16.0. The highest BCUT2D eigenvalue weighted by molar-refractivity contribution is 6.31. The fourth-order valence-electron chi connectivity index (χ4n) is 2.59. The van der Waals surface area contributed by atoms with Crippen LogP contribution in [0.15, 0.2) is 36.4 Å². The van der Waals surface area contributed by atoms with Crippen molar-refractivity contribution in [3.8, 4) is 0 Å². The third-order valence-corrected chi connectivity index (χ3v) is 4.06. The SMILES string of the molecule is CCNC(Cc1cc(F)ccc1Cl)c1cc(C)ccc1C. The fourth-order valence-corrected chi connectivity index (χ4v) is 2.79. The average molecular weight is 306 g/mol. The summed E-state index contributed by atoms with van der Waals surface area (Å²) in [5.74, 6) is -0.245. The van der Waals surface area contributed by atoms with Crippen LogP contribution in [-0.4, -0.2) is 6.54 Å². The van der Waals surface area contributed by atoms with Crippen LogP contribution in [0, 0.1) is 19.7 Å². The minimum Gasteiger partial charge on any atom is -0.310 e. The summed E-state index contributed by atoms with van der Waals surface area (Å²) in [4.78, 5) is 0. The van der Waals surface area contributed by atoms with E-state index >= 15 is 0 Å². The van der Waals surface area contributed by atoms with Crippen LogP contribution in [-0.2, 0) is 6.42 Å². The molecule has 0 aliphatic rings. The Morgan fingerprint density at radius 3 is 2.62 bits per heavy atom. The highest BCUT2D eigenvalue weighted by Crippen LogP contribution is 2.27. The average Bonchev–Trinajstić information content (AvgIpc) is 2.45. The topological polar surface area (TPSA) is 12.0 Å². The van der Waals surface area contributed by atoms with E-state index in [1.54, 1.807) is 6.07 Å². The summed E-state index contributed by atoms with van der Waals surface area (Å²) in [7, 11) is 0. The summed E-state index contributed by atoms with van der Waals surface area (Å²) in [5.41, 5.74) is 4.55. The lowest BCUT2D eigenvalue weighted by Crippen LogP contribution is -2.24. The van der Waals surface area contributed by atoms with E-state index in [4.69, 9.17) is 11.6 Å². The predicted octanol–water partition coefficient (Wildman–Crippen LogP) is 4.99. The summed E-state index contributed by atoms with van der Waals surface area (Å²) in [6.45, 7) is 7.11. The van der Waals surface area contributed by atoms with Gasteiger partial charge in [0.15, 0.2) is 0 Å². The molecule has 1 atom stereocenters. The Balaban J connectivity index is 2.35. The van der Waals surface area contributed by atoms with Crippen molar-refractivity contribution in [2.24, 2.45) is 0 Å². The van der Waals surface area contributed by atoms with Crippen molar-refractivity contribution in [3.63, 3.8) is 0 Å². The minimum absolute atomic E-state index is 0.134. The van der Waals surface area contributed by atoms with E-state index in [1.165, 1.54) is 28.8 Å². The molecule has 0 aliphatic carbocycles. The molecule has 1 nitrogen and oxygen atoms in total. The lowest BCUT2D eigenvalue weighted by atomic mass is 9.94. The maximum absolute atomic E-state index is 13.5. The molecule has 0 spiro atoms. The van der Waals surface area contributed by atoms with Crippen molar-refractivity contribution < 1.29 is 4.39 Å². The van der Waals surface area contributed by atoms with Crippen LogP contribution < -0.4 is 5.32 Å². The Labute approximate surface area is 131 Å². The number of hydrogen-bond acceptors (Lipinski definition) is 1. The second-order valence-corrected chi connectivity index (χ2v) is 5.82. The molecule has 3 heteroatoms. The zero-order valence-electron chi connectivity index (χ0n) is 12.7. The van der Waals surface area contributed by atoms with Gasteiger partial charge < -0.3 is 5.32 Å². The van der Waals surface area contributed by atoms with Crippen LogP contribution in [0.5, 0.6) is 0 Å². The molecule has 0 aliphatic heterocycles. The molecule has 2 aromatic rings. The van der Waals surface area contributed by atoms with E-state index in [0.29, 0.717) is 11.4 Å². The number of likely N-dealkylation sites (N-methyl/N-ethyl adjacent to an activating group) is 1. The van der Waals surface area contributed by atoms with Gasteiger partial charge in [-0.15, -0.1) is 0 Å². The predicted molar refractivity (Wildman–Crippen MR) is 87.4 cm³/mol. The van der Waals surface area contributed by atoms with Gasteiger partial charge in [-0.3, -0.25) is 0 Å². The lowest BCUT2D eigenvalue weighted by Gasteiger charge is -2.21. The Hall–Kier alpha value is -1.38. The van der Waals surface area contributed by atoms with Crippen molar-refractivity contribution in [2.75, 3.05) is 6.54 Å². The third-order valence-electron chi connectivity index (χ3n) is 3.69. The summed E-state index contributed by atoms with van der Waals surface area (Å²) >= 11 is 6.20. The molecule has 0 fully saturated rings. The van der Waals surface area contributed by atoms with Crippen molar-refractivity contribution >= 4 is 11.6 Å². The van der Waals surface area contributed by atoms with E-state index < -0.39 is 0 Å². The molecule has 0 saturated heterocycles. The van der Waals surface area contributed by atoms with Crippen LogP contribution in [0.2, 0.25) is 5.02 Å². The molecule has 0 bridgehead atoms. The van der Waals surface area contributed by atoms with E-state index in [1.807, 2.05) is 0 Å². The molecule has 1 unspecified atom stereocenters. The fraction of sp³-hybridized carbons (Fsp3) is 0.333. The first-order valence-electron chi connectivity index (χ1n) is 7.25. The van der Waals surface area contributed by atoms with Gasteiger partial charge in [-0.05, 0) is 61.7 Å². The molecule has 2 aromatic carbocycles. The zero-order chi connectivity index (χ0) is 15.4. The second-order valence-electron chi connectivity index (χ2n) is 5.41. The molecule has 0 saturated carbocycles. The van der Waals surface area contributed by atoms with Gasteiger partial charge in [-0.2, -0.15) is 0 Å². The summed E-state index contributed by atoms with van der Waals surface area (Å²) < 4.78 is 13.5. The normalized spacial score (nSPS) is 12.4. The van der Waals surface area contributed by atoms with Gasteiger partial charge in [0.25, 0.3) is 0 Å². The molecule has 0 amide bonds. The number of halogens is 2. The standard InChI is InChI=1S/C18H21ClFN/c1-4-21-18(16-9-12(2)5-6-13(16)3)11-14-10-15(20)7-8-17(14)19/h5-10,18,21H,4,11H2,1-3H3. The smallest absolute Gasteiger partial charge is 0.123 e. The van der Waals surface area contributed by atoms with Gasteiger partial charge in [-0.25, -0.2) is 4.39 Å². The van der Waals surface area contributed by atoms with Crippen LogP contribution >= 0.6 is 11.6 Å². The molecule has 112 valence electrons. The van der Waals surface area contributed by atoms with Gasteiger partial charge in [0.1, 0.15) is 5.82 Å². The van der Waals surface area contributed by atoms with E-state index in [9.17, 15) is 4.39 Å². The first-order chi connectivity index (χ1) is 10.0. The molecule has 0 aromatic heterocycles.